The summed E-state index contributed by atoms with van der Waals surface area (Å²) in [7, 11) is 2.09. The van der Waals surface area contributed by atoms with E-state index in [0.29, 0.717) is 12.5 Å². The normalized spacial score (nSPS) is 12.2. The Morgan fingerprint density at radius 3 is 1.90 bits per heavy atom. The van der Waals surface area contributed by atoms with Crippen LogP contribution in [0.1, 0.15) is 37.3 Å². The molecule has 0 saturated heterocycles. The first-order chi connectivity index (χ1) is 9.65. The minimum absolute atomic E-state index is 0.591. The smallest absolute Gasteiger partial charge is 0.0408 e. The highest BCUT2D eigenvalue weighted by atomic mass is 15.1. The van der Waals surface area contributed by atoms with E-state index in [1.807, 2.05) is 0 Å². The molecule has 0 heterocycles. The van der Waals surface area contributed by atoms with Crippen LogP contribution in [0.15, 0.2) is 48.5 Å². The molecule has 1 atom stereocenters. The van der Waals surface area contributed by atoms with Gasteiger partial charge in [0, 0.05) is 25.0 Å². The van der Waals surface area contributed by atoms with Gasteiger partial charge in [-0.1, -0.05) is 38.1 Å². The molecule has 1 unspecified atom stereocenters. The van der Waals surface area contributed by atoms with Gasteiger partial charge in [0.1, 0.15) is 0 Å². The maximum Gasteiger partial charge on any atom is 0.0408 e. The number of nitrogens with two attached hydrogens (primary N) is 1. The third-order valence-electron chi connectivity index (χ3n) is 4.02. The molecule has 0 aromatic heterocycles. The van der Waals surface area contributed by atoms with E-state index in [0.717, 1.165) is 5.56 Å². The summed E-state index contributed by atoms with van der Waals surface area (Å²) in [6.45, 7) is 5.08. The zero-order chi connectivity index (χ0) is 14.5. The fourth-order valence-electron chi connectivity index (χ4n) is 2.27. The van der Waals surface area contributed by atoms with Crippen LogP contribution in [0.25, 0.3) is 0 Å². The number of hydrogen-bond donors (Lipinski definition) is 1. The third-order valence-corrected chi connectivity index (χ3v) is 4.02. The average molecular weight is 268 g/mol. The molecule has 0 aliphatic rings. The molecule has 0 bridgehead atoms. The van der Waals surface area contributed by atoms with E-state index in [1.54, 1.807) is 0 Å². The summed E-state index contributed by atoms with van der Waals surface area (Å²) in [5, 5.41) is 0. The van der Waals surface area contributed by atoms with Gasteiger partial charge in [-0.05, 0) is 47.7 Å². The highest BCUT2D eigenvalue weighted by molar-refractivity contribution is 5.62. The standard InChI is InChI=1S/C18H24N2/c1-4-14(2)16-7-11-18(12-8-16)20(3)17-9-5-15(13-19)6-10-17/h5-12,14H,4,13,19H2,1-3H3. The summed E-state index contributed by atoms with van der Waals surface area (Å²) >= 11 is 0. The summed E-state index contributed by atoms with van der Waals surface area (Å²) < 4.78 is 0. The highest BCUT2D eigenvalue weighted by Gasteiger charge is 2.06. The van der Waals surface area contributed by atoms with Gasteiger partial charge < -0.3 is 10.6 Å². The molecule has 2 N–H and O–H groups in total. The van der Waals surface area contributed by atoms with Crippen LogP contribution in [0, 0.1) is 0 Å². The van der Waals surface area contributed by atoms with Crippen LogP contribution in [0.3, 0.4) is 0 Å². The predicted molar refractivity (Wildman–Crippen MR) is 87.5 cm³/mol. The largest absolute Gasteiger partial charge is 0.345 e. The van der Waals surface area contributed by atoms with Crippen molar-refractivity contribution in [3.8, 4) is 0 Å². The Labute approximate surface area is 122 Å². The predicted octanol–water partition coefficient (Wildman–Crippen LogP) is 4.43. The Morgan fingerprint density at radius 1 is 0.950 bits per heavy atom. The molecule has 20 heavy (non-hydrogen) atoms. The Hall–Kier alpha value is -1.80. The van der Waals surface area contributed by atoms with E-state index in [4.69, 9.17) is 5.73 Å². The van der Waals surface area contributed by atoms with Gasteiger partial charge in [0.15, 0.2) is 0 Å². The van der Waals surface area contributed by atoms with E-state index in [2.05, 4.69) is 74.3 Å². The van der Waals surface area contributed by atoms with Crippen LogP contribution in [0.2, 0.25) is 0 Å². The minimum Gasteiger partial charge on any atom is -0.345 e. The summed E-state index contributed by atoms with van der Waals surface area (Å²) in [6.07, 6.45) is 1.18. The van der Waals surface area contributed by atoms with Crippen molar-refractivity contribution in [3.63, 3.8) is 0 Å². The molecular formula is C18H24N2. The molecule has 0 amide bonds. The second-order valence-corrected chi connectivity index (χ2v) is 5.33. The van der Waals surface area contributed by atoms with Crippen molar-refractivity contribution < 1.29 is 0 Å². The molecule has 2 aromatic rings. The molecule has 2 rings (SSSR count). The first kappa shape index (κ1) is 14.6. The van der Waals surface area contributed by atoms with Crippen molar-refractivity contribution in [2.75, 3.05) is 11.9 Å². The zero-order valence-corrected chi connectivity index (χ0v) is 12.6. The molecule has 0 aliphatic carbocycles. The molecule has 0 spiro atoms. The van der Waals surface area contributed by atoms with Gasteiger partial charge in [-0.2, -0.15) is 0 Å². The van der Waals surface area contributed by atoms with Crippen LogP contribution in [-0.4, -0.2) is 7.05 Å². The molecule has 0 fully saturated rings. The van der Waals surface area contributed by atoms with Gasteiger partial charge in [0.2, 0.25) is 0 Å². The molecule has 2 nitrogen and oxygen atoms in total. The van der Waals surface area contributed by atoms with Gasteiger partial charge in [-0.25, -0.2) is 0 Å². The molecule has 106 valence electrons. The third kappa shape index (κ3) is 3.20. The van der Waals surface area contributed by atoms with Crippen LogP contribution in [-0.2, 0) is 6.54 Å². The number of benzene rings is 2. The van der Waals surface area contributed by atoms with Gasteiger partial charge in [0.25, 0.3) is 0 Å². The van der Waals surface area contributed by atoms with Crippen molar-refractivity contribution in [2.45, 2.75) is 32.7 Å². The van der Waals surface area contributed by atoms with Gasteiger partial charge in [0.05, 0.1) is 0 Å². The SMILES string of the molecule is CCC(C)c1ccc(N(C)c2ccc(CN)cc2)cc1. The number of hydrogen-bond acceptors (Lipinski definition) is 2. The highest BCUT2D eigenvalue weighted by Crippen LogP contribution is 2.26. The summed E-state index contributed by atoms with van der Waals surface area (Å²) in [5.74, 6) is 0.623. The van der Waals surface area contributed by atoms with Crippen LogP contribution < -0.4 is 10.6 Å². The second-order valence-electron chi connectivity index (χ2n) is 5.33. The van der Waals surface area contributed by atoms with E-state index in [1.165, 1.54) is 23.4 Å². The van der Waals surface area contributed by atoms with Crippen molar-refractivity contribution >= 4 is 11.4 Å². The fraction of sp³-hybridized carbons (Fsp3) is 0.333. The Balaban J connectivity index is 2.17. The Kier molecular flexibility index (Phi) is 4.80. The monoisotopic (exact) mass is 268 g/mol. The van der Waals surface area contributed by atoms with Crippen LogP contribution in [0.5, 0.6) is 0 Å². The Bertz CT molecular complexity index is 528. The van der Waals surface area contributed by atoms with E-state index in [-0.39, 0.29) is 0 Å². The maximum absolute atomic E-state index is 5.63. The molecular weight excluding hydrogens is 244 g/mol. The Morgan fingerprint density at radius 2 is 1.45 bits per heavy atom. The quantitative estimate of drug-likeness (QED) is 0.869. The van der Waals surface area contributed by atoms with E-state index < -0.39 is 0 Å². The summed E-state index contributed by atoms with van der Waals surface area (Å²) in [6, 6.07) is 17.2. The molecule has 2 heteroatoms. The molecule has 2 aromatic carbocycles. The van der Waals surface area contributed by atoms with Crippen LogP contribution in [0.4, 0.5) is 11.4 Å². The summed E-state index contributed by atoms with van der Waals surface area (Å²) in [5.41, 5.74) is 10.6. The van der Waals surface area contributed by atoms with Gasteiger partial charge in [-0.15, -0.1) is 0 Å². The lowest BCUT2D eigenvalue weighted by molar-refractivity contribution is 0.733. The lowest BCUT2D eigenvalue weighted by Crippen LogP contribution is -2.09. The fourth-order valence-corrected chi connectivity index (χ4v) is 2.27. The first-order valence-electron chi connectivity index (χ1n) is 7.28. The molecule has 0 aliphatic heterocycles. The van der Waals surface area contributed by atoms with Crippen molar-refractivity contribution in [1.82, 2.24) is 0 Å². The summed E-state index contributed by atoms with van der Waals surface area (Å²) in [4.78, 5) is 2.20. The second kappa shape index (κ2) is 6.58. The maximum atomic E-state index is 5.63. The van der Waals surface area contributed by atoms with Gasteiger partial charge in [-0.3, -0.25) is 0 Å². The lowest BCUT2D eigenvalue weighted by Gasteiger charge is -2.20. The van der Waals surface area contributed by atoms with Crippen LogP contribution >= 0.6 is 0 Å². The topological polar surface area (TPSA) is 29.3 Å². The van der Waals surface area contributed by atoms with E-state index in [9.17, 15) is 0 Å². The number of rotatable bonds is 5. The number of nitrogens with zero attached hydrogens (tertiary/aromatic N) is 1. The zero-order valence-electron chi connectivity index (χ0n) is 12.6. The van der Waals surface area contributed by atoms with Crippen molar-refractivity contribution in [1.29, 1.82) is 0 Å². The van der Waals surface area contributed by atoms with Crippen molar-refractivity contribution in [2.24, 2.45) is 5.73 Å². The lowest BCUT2D eigenvalue weighted by atomic mass is 9.98. The number of anilines is 2. The first-order valence-corrected chi connectivity index (χ1v) is 7.28. The van der Waals surface area contributed by atoms with Crippen molar-refractivity contribution in [3.05, 3.63) is 59.7 Å². The minimum atomic E-state index is 0.591. The van der Waals surface area contributed by atoms with E-state index >= 15 is 0 Å². The molecule has 0 radical (unpaired) electrons. The average Bonchev–Trinajstić information content (AvgIpc) is 2.53. The van der Waals surface area contributed by atoms with Gasteiger partial charge >= 0.3 is 0 Å². The molecule has 0 saturated carbocycles.